The van der Waals surface area contributed by atoms with Crippen LogP contribution in [0.3, 0.4) is 0 Å². The molecule has 1 unspecified atom stereocenters. The van der Waals surface area contributed by atoms with E-state index in [9.17, 15) is 9.90 Å². The first kappa shape index (κ1) is 18.1. The van der Waals surface area contributed by atoms with Gasteiger partial charge in [-0.25, -0.2) is 0 Å². The SMILES string of the molecule is CCCCCC.O=C(c1ccccc1)C(O)c1ccccc1. The van der Waals surface area contributed by atoms with Crippen molar-refractivity contribution in [1.29, 1.82) is 0 Å². The summed E-state index contributed by atoms with van der Waals surface area (Å²) in [5, 5.41) is 9.89. The molecule has 2 heteroatoms. The fourth-order valence-corrected chi connectivity index (χ4v) is 2.05. The van der Waals surface area contributed by atoms with Crippen LogP contribution in [-0.2, 0) is 0 Å². The van der Waals surface area contributed by atoms with E-state index < -0.39 is 6.10 Å². The monoisotopic (exact) mass is 298 g/mol. The number of unbranched alkanes of at least 4 members (excludes halogenated alkanes) is 3. The number of hydrogen-bond donors (Lipinski definition) is 1. The number of carbonyl (C=O) groups excluding carboxylic acids is 1. The Morgan fingerprint density at radius 3 is 1.77 bits per heavy atom. The van der Waals surface area contributed by atoms with Crippen LogP contribution in [0.5, 0.6) is 0 Å². The van der Waals surface area contributed by atoms with Crippen LogP contribution in [0.1, 0.15) is 61.6 Å². The van der Waals surface area contributed by atoms with E-state index in [1.54, 1.807) is 48.5 Å². The van der Waals surface area contributed by atoms with Gasteiger partial charge in [-0.3, -0.25) is 4.79 Å². The lowest BCUT2D eigenvalue weighted by molar-refractivity contribution is 0.0747. The van der Waals surface area contributed by atoms with Crippen LogP contribution >= 0.6 is 0 Å². The minimum absolute atomic E-state index is 0.271. The van der Waals surface area contributed by atoms with Gasteiger partial charge in [0.2, 0.25) is 0 Å². The first-order valence-corrected chi connectivity index (χ1v) is 8.03. The summed E-state index contributed by atoms with van der Waals surface area (Å²) in [5.41, 5.74) is 1.15. The lowest BCUT2D eigenvalue weighted by Gasteiger charge is -2.09. The van der Waals surface area contributed by atoms with Gasteiger partial charge in [-0.15, -0.1) is 0 Å². The van der Waals surface area contributed by atoms with E-state index >= 15 is 0 Å². The number of aliphatic hydroxyl groups is 1. The smallest absolute Gasteiger partial charge is 0.195 e. The molecule has 0 saturated heterocycles. The van der Waals surface area contributed by atoms with Crippen molar-refractivity contribution in [1.82, 2.24) is 0 Å². The summed E-state index contributed by atoms with van der Waals surface area (Å²) in [6, 6.07) is 17.7. The van der Waals surface area contributed by atoms with Crippen molar-refractivity contribution in [3.8, 4) is 0 Å². The summed E-state index contributed by atoms with van der Waals surface area (Å²) >= 11 is 0. The van der Waals surface area contributed by atoms with Crippen LogP contribution in [0, 0.1) is 0 Å². The van der Waals surface area contributed by atoms with Crippen molar-refractivity contribution in [2.45, 2.75) is 45.6 Å². The summed E-state index contributed by atoms with van der Waals surface area (Å²) in [5.74, 6) is -0.271. The minimum Gasteiger partial charge on any atom is -0.380 e. The Morgan fingerprint density at radius 1 is 0.864 bits per heavy atom. The zero-order valence-corrected chi connectivity index (χ0v) is 13.5. The fourth-order valence-electron chi connectivity index (χ4n) is 2.05. The molecule has 0 spiro atoms. The first-order valence-electron chi connectivity index (χ1n) is 8.03. The van der Waals surface area contributed by atoms with Crippen LogP contribution < -0.4 is 0 Å². The average Bonchev–Trinajstić information content (AvgIpc) is 2.60. The van der Waals surface area contributed by atoms with Gasteiger partial charge in [-0.1, -0.05) is 100 Å². The molecule has 22 heavy (non-hydrogen) atoms. The summed E-state index contributed by atoms with van der Waals surface area (Å²) < 4.78 is 0. The van der Waals surface area contributed by atoms with Gasteiger partial charge >= 0.3 is 0 Å². The van der Waals surface area contributed by atoms with Gasteiger partial charge in [0.15, 0.2) is 5.78 Å². The van der Waals surface area contributed by atoms with Crippen molar-refractivity contribution < 1.29 is 9.90 Å². The number of benzene rings is 2. The molecule has 0 aliphatic heterocycles. The summed E-state index contributed by atoms with van der Waals surface area (Å²) in [7, 11) is 0. The van der Waals surface area contributed by atoms with Crippen molar-refractivity contribution in [3.63, 3.8) is 0 Å². The second-order valence-electron chi connectivity index (χ2n) is 5.25. The van der Waals surface area contributed by atoms with Gasteiger partial charge in [-0.2, -0.15) is 0 Å². The lowest BCUT2D eigenvalue weighted by atomic mass is 10.0. The lowest BCUT2D eigenvalue weighted by Crippen LogP contribution is -2.11. The standard InChI is InChI=1S/C14H12O2.C6H14/c15-13(11-7-3-1-4-8-11)14(16)12-9-5-2-6-10-12;1-3-5-6-4-2/h1-10,13,15H;3-6H2,1-2H3. The van der Waals surface area contributed by atoms with Gasteiger partial charge in [0.25, 0.3) is 0 Å². The molecular formula is C20H26O2. The predicted molar refractivity (Wildman–Crippen MR) is 92.0 cm³/mol. The Labute approximate surface area is 133 Å². The van der Waals surface area contributed by atoms with E-state index in [4.69, 9.17) is 0 Å². The third-order valence-corrected chi connectivity index (χ3v) is 3.38. The Kier molecular flexibility index (Phi) is 8.85. The van der Waals surface area contributed by atoms with E-state index in [0.717, 1.165) is 0 Å². The van der Waals surface area contributed by atoms with Crippen molar-refractivity contribution in [2.75, 3.05) is 0 Å². The maximum Gasteiger partial charge on any atom is 0.195 e. The molecule has 0 aromatic heterocycles. The summed E-state index contributed by atoms with van der Waals surface area (Å²) in [6.07, 6.45) is 4.46. The highest BCUT2D eigenvalue weighted by Crippen LogP contribution is 2.17. The molecule has 0 aliphatic carbocycles. The Hall–Kier alpha value is -1.93. The maximum absolute atomic E-state index is 11.9. The first-order chi connectivity index (χ1) is 10.7. The largest absolute Gasteiger partial charge is 0.380 e. The van der Waals surface area contributed by atoms with E-state index in [2.05, 4.69) is 13.8 Å². The number of aliphatic hydroxyl groups excluding tert-OH is 1. The molecule has 2 nitrogen and oxygen atoms in total. The highest BCUT2D eigenvalue weighted by Gasteiger charge is 2.18. The molecule has 2 rings (SSSR count). The normalized spacial score (nSPS) is 11.2. The Morgan fingerprint density at radius 2 is 1.32 bits per heavy atom. The van der Waals surface area contributed by atoms with Crippen LogP contribution in [-0.4, -0.2) is 10.9 Å². The third kappa shape index (κ3) is 6.23. The van der Waals surface area contributed by atoms with E-state index in [0.29, 0.717) is 11.1 Å². The van der Waals surface area contributed by atoms with Crippen molar-refractivity contribution >= 4 is 5.78 Å². The minimum atomic E-state index is -1.08. The van der Waals surface area contributed by atoms with E-state index in [1.807, 2.05) is 12.1 Å². The van der Waals surface area contributed by atoms with Crippen LogP contribution in [0.25, 0.3) is 0 Å². The van der Waals surface area contributed by atoms with Gasteiger partial charge < -0.3 is 5.11 Å². The number of carbonyl (C=O) groups is 1. The number of ketones is 1. The van der Waals surface area contributed by atoms with Gasteiger partial charge in [0.05, 0.1) is 0 Å². The molecule has 1 atom stereocenters. The maximum atomic E-state index is 11.9. The number of hydrogen-bond acceptors (Lipinski definition) is 2. The molecule has 0 fully saturated rings. The predicted octanol–water partition coefficient (Wildman–Crippen LogP) is 5.19. The molecule has 0 bridgehead atoms. The zero-order chi connectivity index (χ0) is 16.2. The molecule has 0 amide bonds. The molecule has 118 valence electrons. The molecule has 0 saturated carbocycles. The highest BCUT2D eigenvalue weighted by atomic mass is 16.3. The van der Waals surface area contributed by atoms with Crippen LogP contribution in [0.15, 0.2) is 60.7 Å². The Balaban J connectivity index is 0.000000346. The van der Waals surface area contributed by atoms with Crippen molar-refractivity contribution in [2.24, 2.45) is 0 Å². The number of Topliss-reactive ketones (excluding diaryl/α,β-unsaturated/α-hetero) is 1. The number of rotatable bonds is 6. The van der Waals surface area contributed by atoms with Gasteiger partial charge in [0, 0.05) is 5.56 Å². The molecule has 2 aromatic carbocycles. The molecule has 0 heterocycles. The van der Waals surface area contributed by atoms with Gasteiger partial charge in [-0.05, 0) is 5.56 Å². The highest BCUT2D eigenvalue weighted by molar-refractivity contribution is 5.99. The molecule has 0 radical (unpaired) electrons. The van der Waals surface area contributed by atoms with E-state index in [1.165, 1.54) is 25.7 Å². The van der Waals surface area contributed by atoms with Crippen molar-refractivity contribution in [3.05, 3.63) is 71.8 Å². The summed E-state index contributed by atoms with van der Waals surface area (Å²) in [6.45, 7) is 4.46. The molecule has 0 aliphatic rings. The molecule has 2 aromatic rings. The molecular weight excluding hydrogens is 272 g/mol. The zero-order valence-electron chi connectivity index (χ0n) is 13.5. The second-order valence-corrected chi connectivity index (χ2v) is 5.25. The summed E-state index contributed by atoms with van der Waals surface area (Å²) in [4.78, 5) is 11.9. The van der Waals surface area contributed by atoms with Crippen LogP contribution in [0.4, 0.5) is 0 Å². The van der Waals surface area contributed by atoms with E-state index in [-0.39, 0.29) is 5.78 Å². The second kappa shape index (κ2) is 10.7. The third-order valence-electron chi connectivity index (χ3n) is 3.38. The Bertz CT molecular complexity index is 516. The van der Waals surface area contributed by atoms with Gasteiger partial charge in [0.1, 0.15) is 6.10 Å². The fraction of sp³-hybridized carbons (Fsp3) is 0.350. The quantitative estimate of drug-likeness (QED) is 0.588. The topological polar surface area (TPSA) is 37.3 Å². The van der Waals surface area contributed by atoms with Crippen LogP contribution in [0.2, 0.25) is 0 Å². The molecule has 1 N–H and O–H groups in total. The average molecular weight is 298 g/mol.